The molecule has 0 radical (unpaired) electrons. The number of para-hydroxylation sites is 2. The Bertz CT molecular complexity index is 1010. The highest BCUT2D eigenvalue weighted by Crippen LogP contribution is 2.57. The van der Waals surface area contributed by atoms with E-state index in [1.807, 2.05) is 42.5 Å². The zero-order chi connectivity index (χ0) is 23.2. The quantitative estimate of drug-likeness (QED) is 0.673. The van der Waals surface area contributed by atoms with Crippen molar-refractivity contribution in [3.05, 3.63) is 60.2 Å². The third-order valence-corrected chi connectivity index (χ3v) is 8.41. The number of carbonyl (C=O) groups is 1. The number of amides is 1. The molecule has 2 saturated heterocycles. The molecule has 0 aromatic heterocycles. The van der Waals surface area contributed by atoms with E-state index >= 15 is 0 Å². The van der Waals surface area contributed by atoms with E-state index in [-0.39, 0.29) is 29.0 Å². The third-order valence-electron chi connectivity index (χ3n) is 8.41. The van der Waals surface area contributed by atoms with Crippen molar-refractivity contribution in [1.29, 1.82) is 0 Å². The summed E-state index contributed by atoms with van der Waals surface area (Å²) in [5.41, 5.74) is 0.841. The molecule has 2 aliphatic heterocycles. The molecule has 1 aliphatic carbocycles. The van der Waals surface area contributed by atoms with E-state index in [1.54, 1.807) is 6.92 Å². The number of piperidine rings is 1. The summed E-state index contributed by atoms with van der Waals surface area (Å²) in [6.45, 7) is 9.20. The van der Waals surface area contributed by atoms with Crippen LogP contribution in [0.4, 0.5) is 0 Å². The minimum Gasteiger partial charge on any atom is -0.457 e. The molecule has 2 aromatic carbocycles. The fraction of sp³-hybridized carbons (Fsp3) is 0.536. The number of rotatable bonds is 4. The molecule has 0 spiro atoms. The van der Waals surface area contributed by atoms with Crippen molar-refractivity contribution in [3.63, 3.8) is 0 Å². The number of hydrogen-bond acceptors (Lipinski definition) is 4. The summed E-state index contributed by atoms with van der Waals surface area (Å²) in [5, 5.41) is 7.35. The van der Waals surface area contributed by atoms with E-state index in [0.717, 1.165) is 36.3 Å². The monoisotopic (exact) mass is 448 g/mol. The molecule has 2 heterocycles. The van der Waals surface area contributed by atoms with Gasteiger partial charge in [-0.05, 0) is 70.1 Å². The number of nitrogens with one attached hydrogen (secondary N) is 2. The summed E-state index contributed by atoms with van der Waals surface area (Å²) >= 11 is 0. The molecule has 33 heavy (non-hydrogen) atoms. The van der Waals surface area contributed by atoms with Crippen LogP contribution in [0.15, 0.2) is 54.6 Å². The van der Waals surface area contributed by atoms with Crippen LogP contribution in [0.3, 0.4) is 0 Å². The van der Waals surface area contributed by atoms with Crippen LogP contribution >= 0.6 is 0 Å². The summed E-state index contributed by atoms with van der Waals surface area (Å²) in [6.07, 6.45) is 2.86. The molecule has 3 fully saturated rings. The molecule has 5 nitrogen and oxygen atoms in total. The van der Waals surface area contributed by atoms with Gasteiger partial charge >= 0.3 is 0 Å². The van der Waals surface area contributed by atoms with Crippen molar-refractivity contribution in [2.24, 2.45) is 17.8 Å². The molecule has 6 atom stereocenters. The highest BCUT2D eigenvalue weighted by atomic mass is 16.5. The normalized spacial score (nSPS) is 34.7. The van der Waals surface area contributed by atoms with Gasteiger partial charge in [-0.2, -0.15) is 0 Å². The van der Waals surface area contributed by atoms with Gasteiger partial charge in [0.15, 0.2) is 0 Å². The van der Waals surface area contributed by atoms with Crippen LogP contribution < -0.4 is 15.4 Å². The highest BCUT2D eigenvalue weighted by Gasteiger charge is 2.61. The van der Waals surface area contributed by atoms with Gasteiger partial charge in [-0.3, -0.25) is 4.79 Å². The molecule has 1 saturated carbocycles. The fourth-order valence-corrected chi connectivity index (χ4v) is 6.99. The summed E-state index contributed by atoms with van der Waals surface area (Å²) in [5.74, 6) is 2.76. The lowest BCUT2D eigenvalue weighted by Crippen LogP contribution is -2.73. The highest BCUT2D eigenvalue weighted by molar-refractivity contribution is 5.74. The lowest BCUT2D eigenvalue weighted by molar-refractivity contribution is -0.161. The van der Waals surface area contributed by atoms with Crippen LogP contribution in [0.2, 0.25) is 0 Å². The van der Waals surface area contributed by atoms with Gasteiger partial charge in [0.25, 0.3) is 0 Å². The third kappa shape index (κ3) is 3.95. The van der Waals surface area contributed by atoms with Crippen molar-refractivity contribution in [2.75, 3.05) is 6.61 Å². The Balaban J connectivity index is 1.57. The first-order chi connectivity index (χ1) is 15.8. The van der Waals surface area contributed by atoms with Crippen LogP contribution in [-0.4, -0.2) is 29.6 Å². The zero-order valence-electron chi connectivity index (χ0n) is 20.1. The summed E-state index contributed by atoms with van der Waals surface area (Å²) in [7, 11) is 0. The summed E-state index contributed by atoms with van der Waals surface area (Å²) in [6, 6.07) is 18.4. The topological polar surface area (TPSA) is 59.6 Å². The van der Waals surface area contributed by atoms with E-state index < -0.39 is 0 Å². The van der Waals surface area contributed by atoms with Gasteiger partial charge in [-0.25, -0.2) is 0 Å². The number of hydrogen-bond donors (Lipinski definition) is 2. The number of ether oxygens (including phenoxy) is 2. The Morgan fingerprint density at radius 2 is 1.76 bits per heavy atom. The van der Waals surface area contributed by atoms with Crippen molar-refractivity contribution >= 4 is 5.91 Å². The Labute approximate surface area is 197 Å². The standard InChI is InChI=1S/C28H36N2O3/c1-18-23-16-20(27(3,4)29-18)17-24-26(32-15-14-28(23,24)30-19(2)31)22-12-8-9-13-25(22)33-21-10-6-5-7-11-21/h5-13,18,20,23-24,26,29H,14-17H2,1-4H3,(H,30,31)/t18-,20-,23+,24+,26+,28+/m1/s1. The van der Waals surface area contributed by atoms with Gasteiger partial charge in [0, 0.05) is 36.6 Å². The Morgan fingerprint density at radius 3 is 2.52 bits per heavy atom. The molecule has 2 aromatic rings. The summed E-state index contributed by atoms with van der Waals surface area (Å²) < 4.78 is 12.9. The summed E-state index contributed by atoms with van der Waals surface area (Å²) in [4.78, 5) is 12.5. The number of benzene rings is 2. The van der Waals surface area contributed by atoms with E-state index in [1.165, 1.54) is 0 Å². The van der Waals surface area contributed by atoms with Crippen molar-refractivity contribution < 1.29 is 14.3 Å². The Morgan fingerprint density at radius 1 is 1.06 bits per heavy atom. The molecule has 2 N–H and O–H groups in total. The maximum atomic E-state index is 12.5. The molecule has 2 bridgehead atoms. The van der Waals surface area contributed by atoms with Crippen molar-refractivity contribution in [3.8, 4) is 11.5 Å². The molecule has 1 amide bonds. The van der Waals surface area contributed by atoms with E-state index in [2.05, 4.69) is 43.5 Å². The second kappa shape index (κ2) is 8.44. The molecule has 3 aliphatic rings. The minimum atomic E-state index is -0.284. The second-order valence-electron chi connectivity index (χ2n) is 10.8. The average molecular weight is 449 g/mol. The number of fused-ring (bicyclic) bond motifs is 4. The number of carbonyl (C=O) groups excluding carboxylic acids is 1. The predicted molar refractivity (Wildman–Crippen MR) is 129 cm³/mol. The van der Waals surface area contributed by atoms with Gasteiger partial charge in [0.05, 0.1) is 11.6 Å². The first-order valence-corrected chi connectivity index (χ1v) is 12.3. The van der Waals surface area contributed by atoms with Crippen LogP contribution in [0.25, 0.3) is 0 Å². The lowest BCUT2D eigenvalue weighted by Gasteiger charge is -2.63. The van der Waals surface area contributed by atoms with Gasteiger partial charge in [-0.1, -0.05) is 36.4 Å². The van der Waals surface area contributed by atoms with Crippen molar-refractivity contribution in [1.82, 2.24) is 10.6 Å². The maximum absolute atomic E-state index is 12.5. The van der Waals surface area contributed by atoms with Gasteiger partial charge in [0.2, 0.25) is 5.91 Å². The first kappa shape index (κ1) is 22.4. The molecular formula is C28H36N2O3. The van der Waals surface area contributed by atoms with Gasteiger partial charge in [-0.15, -0.1) is 0 Å². The first-order valence-electron chi connectivity index (χ1n) is 12.3. The van der Waals surface area contributed by atoms with Crippen LogP contribution in [0.1, 0.15) is 58.6 Å². The molecule has 0 unspecified atom stereocenters. The van der Waals surface area contributed by atoms with E-state index in [4.69, 9.17) is 9.47 Å². The Kier molecular flexibility index (Phi) is 5.74. The predicted octanol–water partition coefficient (Wildman–Crippen LogP) is 5.23. The molecule has 5 rings (SSSR count). The molecular weight excluding hydrogens is 412 g/mol. The van der Waals surface area contributed by atoms with E-state index in [0.29, 0.717) is 24.5 Å². The van der Waals surface area contributed by atoms with Crippen molar-refractivity contribution in [2.45, 2.75) is 70.2 Å². The maximum Gasteiger partial charge on any atom is 0.217 e. The van der Waals surface area contributed by atoms with E-state index in [9.17, 15) is 4.79 Å². The lowest BCUT2D eigenvalue weighted by atomic mass is 9.52. The molecule has 5 heteroatoms. The van der Waals surface area contributed by atoms with Gasteiger partial charge in [0.1, 0.15) is 11.5 Å². The Hall–Kier alpha value is -2.37. The molecule has 176 valence electrons. The SMILES string of the molecule is CC(=O)N[C@]12CCO[C@@H](c3ccccc3Oc3ccccc3)[C@@H]1C[C@H]1C[C@H]2[C@@H](C)NC1(C)C. The second-order valence-corrected chi connectivity index (χ2v) is 10.8. The smallest absolute Gasteiger partial charge is 0.217 e. The van der Waals surface area contributed by atoms with Crippen LogP contribution in [0, 0.1) is 17.8 Å². The largest absolute Gasteiger partial charge is 0.457 e. The van der Waals surface area contributed by atoms with Crippen LogP contribution in [-0.2, 0) is 9.53 Å². The minimum absolute atomic E-state index is 0.0463. The van der Waals surface area contributed by atoms with Gasteiger partial charge < -0.3 is 20.1 Å². The van der Waals surface area contributed by atoms with Crippen LogP contribution in [0.5, 0.6) is 11.5 Å². The zero-order valence-corrected chi connectivity index (χ0v) is 20.1. The fourth-order valence-electron chi connectivity index (χ4n) is 6.99. The average Bonchev–Trinajstić information content (AvgIpc) is 2.77.